The van der Waals surface area contributed by atoms with Crippen LogP contribution in [0.25, 0.3) is 0 Å². The summed E-state index contributed by atoms with van der Waals surface area (Å²) in [6.45, 7) is 3.97. The first-order valence-corrected chi connectivity index (χ1v) is 4.80. The van der Waals surface area contributed by atoms with E-state index >= 15 is 0 Å². The average molecular weight is 209 g/mol. The maximum absolute atomic E-state index is 13.6. The molecule has 1 aromatic carbocycles. The van der Waals surface area contributed by atoms with Gasteiger partial charge in [0.05, 0.1) is 5.69 Å². The van der Waals surface area contributed by atoms with Gasteiger partial charge in [-0.05, 0) is 32.0 Å². The summed E-state index contributed by atoms with van der Waals surface area (Å²) in [5.74, 6) is -0.466. The molecule has 0 amide bonds. The summed E-state index contributed by atoms with van der Waals surface area (Å²) in [7, 11) is 1.83. The van der Waals surface area contributed by atoms with Crippen molar-refractivity contribution < 1.29 is 4.39 Å². The van der Waals surface area contributed by atoms with Gasteiger partial charge in [-0.3, -0.25) is 5.41 Å². The van der Waals surface area contributed by atoms with Crippen molar-refractivity contribution >= 4 is 11.5 Å². The van der Waals surface area contributed by atoms with Crippen molar-refractivity contribution in [1.29, 1.82) is 5.41 Å². The van der Waals surface area contributed by atoms with Gasteiger partial charge in [-0.2, -0.15) is 0 Å². The fourth-order valence-electron chi connectivity index (χ4n) is 1.24. The monoisotopic (exact) mass is 209 g/mol. The number of amidine groups is 1. The molecule has 3 nitrogen and oxygen atoms in total. The lowest BCUT2D eigenvalue weighted by molar-refractivity contribution is 0.613. The molecule has 3 N–H and O–H groups in total. The molecule has 15 heavy (non-hydrogen) atoms. The molecule has 0 radical (unpaired) electrons. The summed E-state index contributed by atoms with van der Waals surface area (Å²) in [5.41, 5.74) is 6.21. The minimum absolute atomic E-state index is 0.118. The van der Waals surface area contributed by atoms with Gasteiger partial charge >= 0.3 is 0 Å². The van der Waals surface area contributed by atoms with E-state index < -0.39 is 0 Å². The molecule has 0 aliphatic rings. The Morgan fingerprint density at radius 3 is 2.47 bits per heavy atom. The number of nitrogens with two attached hydrogens (primary N) is 1. The number of hydrogen-bond acceptors (Lipinski definition) is 2. The van der Waals surface area contributed by atoms with Crippen LogP contribution in [0.5, 0.6) is 0 Å². The highest BCUT2D eigenvalue weighted by molar-refractivity contribution is 5.95. The molecular formula is C11H16FN3. The van der Waals surface area contributed by atoms with Gasteiger partial charge in [-0.25, -0.2) is 4.39 Å². The predicted molar refractivity (Wildman–Crippen MR) is 61.0 cm³/mol. The topological polar surface area (TPSA) is 53.1 Å². The van der Waals surface area contributed by atoms with Gasteiger partial charge in [0.2, 0.25) is 0 Å². The van der Waals surface area contributed by atoms with E-state index in [4.69, 9.17) is 11.1 Å². The van der Waals surface area contributed by atoms with E-state index in [2.05, 4.69) is 0 Å². The van der Waals surface area contributed by atoms with Gasteiger partial charge < -0.3 is 10.6 Å². The fraction of sp³-hybridized carbons (Fsp3) is 0.364. The van der Waals surface area contributed by atoms with Crippen LogP contribution in [-0.2, 0) is 0 Å². The first kappa shape index (κ1) is 11.5. The summed E-state index contributed by atoms with van der Waals surface area (Å²) in [5, 5.41) is 7.19. The van der Waals surface area contributed by atoms with Crippen LogP contribution in [0.4, 0.5) is 10.1 Å². The molecule has 0 fully saturated rings. The van der Waals surface area contributed by atoms with Crippen LogP contribution >= 0.6 is 0 Å². The van der Waals surface area contributed by atoms with Crippen molar-refractivity contribution in [3.05, 3.63) is 29.6 Å². The van der Waals surface area contributed by atoms with Crippen molar-refractivity contribution in [2.45, 2.75) is 19.9 Å². The Balaban J connectivity index is 3.08. The molecule has 82 valence electrons. The average Bonchev–Trinajstić information content (AvgIpc) is 2.16. The third-order valence-electron chi connectivity index (χ3n) is 2.41. The maximum Gasteiger partial charge on any atom is 0.147 e. The quantitative estimate of drug-likeness (QED) is 0.590. The summed E-state index contributed by atoms with van der Waals surface area (Å²) in [6, 6.07) is 4.81. The standard InChI is InChI=1S/C11H16FN3/c1-7(2)15(3)10-5-4-8(11(13)14)6-9(10)12/h4-7H,1-3H3,(H3,13,14). The summed E-state index contributed by atoms with van der Waals surface area (Å²) in [6.07, 6.45) is 0. The Kier molecular flexibility index (Phi) is 3.29. The van der Waals surface area contributed by atoms with E-state index in [0.717, 1.165) is 0 Å². The lowest BCUT2D eigenvalue weighted by Gasteiger charge is -2.24. The van der Waals surface area contributed by atoms with Gasteiger partial charge in [-0.1, -0.05) is 0 Å². The van der Waals surface area contributed by atoms with Crippen LogP contribution in [0.15, 0.2) is 18.2 Å². The highest BCUT2D eigenvalue weighted by atomic mass is 19.1. The van der Waals surface area contributed by atoms with E-state index in [1.54, 1.807) is 12.1 Å². The van der Waals surface area contributed by atoms with Crippen LogP contribution in [0.3, 0.4) is 0 Å². The Morgan fingerprint density at radius 1 is 1.47 bits per heavy atom. The molecule has 1 aromatic rings. The number of nitrogens with one attached hydrogen (secondary N) is 1. The maximum atomic E-state index is 13.6. The molecule has 0 saturated heterocycles. The van der Waals surface area contributed by atoms with Gasteiger partial charge in [-0.15, -0.1) is 0 Å². The number of benzene rings is 1. The second kappa shape index (κ2) is 4.29. The molecule has 0 spiro atoms. The summed E-state index contributed by atoms with van der Waals surface area (Å²) < 4.78 is 13.6. The van der Waals surface area contributed by atoms with Crippen molar-refractivity contribution in [2.75, 3.05) is 11.9 Å². The smallest absolute Gasteiger partial charge is 0.147 e. The van der Waals surface area contributed by atoms with Crippen molar-refractivity contribution in [2.24, 2.45) is 5.73 Å². The SMILES string of the molecule is CC(C)N(C)c1ccc(C(=N)N)cc1F. The van der Waals surface area contributed by atoms with Crippen molar-refractivity contribution in [3.8, 4) is 0 Å². The molecule has 0 heterocycles. The van der Waals surface area contributed by atoms with Crippen LogP contribution in [0.2, 0.25) is 0 Å². The Bertz CT molecular complexity index is 374. The lowest BCUT2D eigenvalue weighted by atomic mass is 10.1. The second-order valence-electron chi connectivity index (χ2n) is 3.78. The molecule has 0 aromatic heterocycles. The first-order chi connectivity index (χ1) is 6.93. The third-order valence-corrected chi connectivity index (χ3v) is 2.41. The Hall–Kier alpha value is -1.58. The zero-order chi connectivity index (χ0) is 11.6. The largest absolute Gasteiger partial charge is 0.384 e. The summed E-state index contributed by atoms with van der Waals surface area (Å²) in [4.78, 5) is 1.83. The zero-order valence-corrected chi connectivity index (χ0v) is 9.21. The Morgan fingerprint density at radius 2 is 2.07 bits per heavy atom. The molecule has 0 saturated carbocycles. The van der Waals surface area contributed by atoms with Crippen LogP contribution in [0, 0.1) is 11.2 Å². The van der Waals surface area contributed by atoms with Crippen molar-refractivity contribution in [1.82, 2.24) is 0 Å². The Labute approximate surface area is 89.2 Å². The molecule has 0 bridgehead atoms. The normalized spacial score (nSPS) is 10.5. The van der Waals surface area contributed by atoms with E-state index in [9.17, 15) is 4.39 Å². The number of nitrogen functional groups attached to an aromatic ring is 1. The number of rotatable bonds is 3. The lowest BCUT2D eigenvalue weighted by Crippen LogP contribution is -2.26. The van der Waals surface area contributed by atoms with E-state index in [0.29, 0.717) is 11.3 Å². The number of nitrogens with zero attached hydrogens (tertiary/aromatic N) is 1. The highest BCUT2D eigenvalue weighted by Gasteiger charge is 2.11. The van der Waals surface area contributed by atoms with Gasteiger partial charge in [0.15, 0.2) is 0 Å². The van der Waals surface area contributed by atoms with Gasteiger partial charge in [0.1, 0.15) is 11.7 Å². The van der Waals surface area contributed by atoms with Crippen LogP contribution < -0.4 is 10.6 Å². The molecule has 4 heteroatoms. The minimum atomic E-state index is -0.348. The second-order valence-corrected chi connectivity index (χ2v) is 3.78. The van der Waals surface area contributed by atoms with Crippen LogP contribution in [0.1, 0.15) is 19.4 Å². The molecule has 0 unspecified atom stereocenters. The number of anilines is 1. The number of halogens is 1. The van der Waals surface area contributed by atoms with Crippen LogP contribution in [-0.4, -0.2) is 18.9 Å². The molecule has 0 aliphatic heterocycles. The number of hydrogen-bond donors (Lipinski definition) is 2. The molecule has 0 atom stereocenters. The highest BCUT2D eigenvalue weighted by Crippen LogP contribution is 2.20. The zero-order valence-electron chi connectivity index (χ0n) is 9.21. The van der Waals surface area contributed by atoms with E-state index in [-0.39, 0.29) is 17.7 Å². The fourth-order valence-corrected chi connectivity index (χ4v) is 1.24. The van der Waals surface area contributed by atoms with Gasteiger partial charge in [0, 0.05) is 18.7 Å². The molecule has 0 aliphatic carbocycles. The molecular weight excluding hydrogens is 193 g/mol. The third kappa shape index (κ3) is 2.46. The van der Waals surface area contributed by atoms with Crippen molar-refractivity contribution in [3.63, 3.8) is 0 Å². The van der Waals surface area contributed by atoms with E-state index in [1.807, 2.05) is 25.8 Å². The van der Waals surface area contributed by atoms with Gasteiger partial charge in [0.25, 0.3) is 0 Å². The van der Waals surface area contributed by atoms with E-state index in [1.165, 1.54) is 6.07 Å². The minimum Gasteiger partial charge on any atom is -0.384 e. The predicted octanol–water partition coefficient (Wildman–Crippen LogP) is 1.95. The first-order valence-electron chi connectivity index (χ1n) is 4.80. The summed E-state index contributed by atoms with van der Waals surface area (Å²) >= 11 is 0. The molecule has 1 rings (SSSR count).